The van der Waals surface area contributed by atoms with Gasteiger partial charge < -0.3 is 10.5 Å². The quantitative estimate of drug-likeness (QED) is 0.812. The molecule has 0 spiro atoms. The maximum atomic E-state index is 11.6. The van der Waals surface area contributed by atoms with Gasteiger partial charge in [0, 0.05) is 11.5 Å². The first-order chi connectivity index (χ1) is 9.24. The molecule has 0 heterocycles. The Labute approximate surface area is 122 Å². The summed E-state index contributed by atoms with van der Waals surface area (Å²) in [6.45, 7) is 8.30. The van der Waals surface area contributed by atoms with Crippen molar-refractivity contribution in [3.05, 3.63) is 35.4 Å². The molecule has 1 aromatic rings. The summed E-state index contributed by atoms with van der Waals surface area (Å²) in [4.78, 5) is 11.6. The zero-order chi connectivity index (χ0) is 15.3. The number of ether oxygens (including phenoxy) is 1. The molecule has 3 nitrogen and oxygen atoms in total. The fourth-order valence-corrected chi connectivity index (χ4v) is 2.42. The van der Waals surface area contributed by atoms with E-state index in [4.69, 9.17) is 10.5 Å². The molecule has 0 fully saturated rings. The molecule has 0 aliphatic heterocycles. The fraction of sp³-hybridized carbons (Fsp3) is 0.588. The highest BCUT2D eigenvalue weighted by Gasteiger charge is 2.29. The molecular formula is C17H27NO2. The van der Waals surface area contributed by atoms with E-state index in [-0.39, 0.29) is 11.9 Å². The van der Waals surface area contributed by atoms with Gasteiger partial charge in [0.15, 0.2) is 0 Å². The van der Waals surface area contributed by atoms with Gasteiger partial charge in [-0.15, -0.1) is 0 Å². The van der Waals surface area contributed by atoms with Gasteiger partial charge in [0.2, 0.25) is 0 Å². The highest BCUT2D eigenvalue weighted by atomic mass is 16.5. The number of carbonyl (C=O) groups excluding carboxylic acids is 1. The molecule has 1 unspecified atom stereocenters. The molecule has 0 radical (unpaired) electrons. The van der Waals surface area contributed by atoms with E-state index in [0.29, 0.717) is 12.3 Å². The van der Waals surface area contributed by atoms with Crippen LogP contribution in [0, 0.1) is 5.92 Å². The summed E-state index contributed by atoms with van der Waals surface area (Å²) in [5.74, 6) is 0.375. The molecule has 0 aliphatic rings. The lowest BCUT2D eigenvalue weighted by atomic mass is 9.80. The van der Waals surface area contributed by atoms with Crippen LogP contribution >= 0.6 is 0 Å². The monoisotopic (exact) mass is 277 g/mol. The van der Waals surface area contributed by atoms with Crippen LogP contribution in [0.4, 0.5) is 0 Å². The Kier molecular flexibility index (Phi) is 5.75. The van der Waals surface area contributed by atoms with Gasteiger partial charge in [-0.3, -0.25) is 4.79 Å². The van der Waals surface area contributed by atoms with Crippen LogP contribution in [0.2, 0.25) is 0 Å². The minimum atomic E-state index is -0.465. The third kappa shape index (κ3) is 4.97. The molecule has 1 aromatic carbocycles. The van der Waals surface area contributed by atoms with Crippen LogP contribution in [0.3, 0.4) is 0 Å². The molecule has 112 valence electrons. The summed E-state index contributed by atoms with van der Waals surface area (Å²) in [5, 5.41) is 0. The normalized spacial score (nSPS) is 13.3. The second-order valence-corrected chi connectivity index (χ2v) is 6.49. The molecular weight excluding hydrogens is 250 g/mol. The van der Waals surface area contributed by atoms with Crippen LogP contribution in [0.25, 0.3) is 0 Å². The van der Waals surface area contributed by atoms with Crippen LogP contribution in [0.15, 0.2) is 24.3 Å². The van der Waals surface area contributed by atoms with Crippen molar-refractivity contribution in [2.24, 2.45) is 11.7 Å². The second kappa shape index (κ2) is 6.89. The maximum Gasteiger partial charge on any atom is 0.306 e. The number of benzene rings is 1. The van der Waals surface area contributed by atoms with E-state index in [0.717, 1.165) is 12.0 Å². The van der Waals surface area contributed by atoms with Crippen LogP contribution in [-0.4, -0.2) is 18.6 Å². The molecule has 2 N–H and O–H groups in total. The van der Waals surface area contributed by atoms with Gasteiger partial charge in [0.25, 0.3) is 0 Å². The van der Waals surface area contributed by atoms with Crippen molar-refractivity contribution in [2.45, 2.75) is 52.0 Å². The van der Waals surface area contributed by atoms with Crippen molar-refractivity contribution in [2.75, 3.05) is 7.11 Å². The van der Waals surface area contributed by atoms with Crippen LogP contribution in [-0.2, 0) is 16.0 Å². The van der Waals surface area contributed by atoms with Crippen LogP contribution < -0.4 is 5.73 Å². The van der Waals surface area contributed by atoms with Gasteiger partial charge in [-0.25, -0.2) is 0 Å². The first-order valence-corrected chi connectivity index (χ1v) is 7.18. The Bertz CT molecular complexity index is 429. The van der Waals surface area contributed by atoms with E-state index in [1.54, 1.807) is 0 Å². The van der Waals surface area contributed by atoms with Crippen molar-refractivity contribution < 1.29 is 9.53 Å². The van der Waals surface area contributed by atoms with E-state index in [1.807, 2.05) is 13.8 Å². The molecule has 3 heteroatoms. The Balaban J connectivity index is 2.94. The number of esters is 1. The first-order valence-electron chi connectivity index (χ1n) is 7.18. The van der Waals surface area contributed by atoms with Crippen molar-refractivity contribution in [1.82, 2.24) is 0 Å². The number of hydrogen-bond donors (Lipinski definition) is 1. The number of methoxy groups -OCH3 is 1. The summed E-state index contributed by atoms with van der Waals surface area (Å²) >= 11 is 0. The summed E-state index contributed by atoms with van der Waals surface area (Å²) in [6.07, 6.45) is 1.37. The molecule has 20 heavy (non-hydrogen) atoms. The summed E-state index contributed by atoms with van der Waals surface area (Å²) in [6, 6.07) is 8.43. The SMILES string of the molecule is COC(=O)CC(c1ccc(CC(C)C)cc1)C(C)(C)N. The van der Waals surface area contributed by atoms with Crippen molar-refractivity contribution in [3.63, 3.8) is 0 Å². The van der Waals surface area contributed by atoms with Crippen LogP contribution in [0.5, 0.6) is 0 Å². The lowest BCUT2D eigenvalue weighted by molar-refractivity contribution is -0.141. The summed E-state index contributed by atoms with van der Waals surface area (Å²) in [7, 11) is 1.41. The van der Waals surface area contributed by atoms with E-state index in [1.165, 1.54) is 12.7 Å². The molecule has 1 atom stereocenters. The zero-order valence-electron chi connectivity index (χ0n) is 13.3. The van der Waals surface area contributed by atoms with Gasteiger partial charge >= 0.3 is 5.97 Å². The van der Waals surface area contributed by atoms with E-state index >= 15 is 0 Å². The lowest BCUT2D eigenvalue weighted by Crippen LogP contribution is -2.40. The second-order valence-electron chi connectivity index (χ2n) is 6.49. The topological polar surface area (TPSA) is 52.3 Å². The van der Waals surface area contributed by atoms with Gasteiger partial charge in [-0.1, -0.05) is 38.1 Å². The highest BCUT2D eigenvalue weighted by Crippen LogP contribution is 2.30. The molecule has 0 aliphatic carbocycles. The lowest BCUT2D eigenvalue weighted by Gasteiger charge is -2.30. The predicted octanol–water partition coefficient (Wildman–Crippen LogP) is 3.27. The zero-order valence-corrected chi connectivity index (χ0v) is 13.3. The number of hydrogen-bond acceptors (Lipinski definition) is 3. The minimum absolute atomic E-state index is 0.0388. The van der Waals surface area contributed by atoms with Gasteiger partial charge in [-0.05, 0) is 37.3 Å². The summed E-state index contributed by atoms with van der Waals surface area (Å²) in [5.41, 5.74) is 8.17. The van der Waals surface area contributed by atoms with E-state index in [2.05, 4.69) is 38.1 Å². The predicted molar refractivity (Wildman–Crippen MR) is 82.6 cm³/mol. The molecule has 1 rings (SSSR count). The summed E-state index contributed by atoms with van der Waals surface area (Å²) < 4.78 is 4.78. The first kappa shape index (κ1) is 16.7. The van der Waals surface area contributed by atoms with Gasteiger partial charge in [0.05, 0.1) is 13.5 Å². The maximum absolute atomic E-state index is 11.6. The largest absolute Gasteiger partial charge is 0.469 e. The minimum Gasteiger partial charge on any atom is -0.469 e. The van der Waals surface area contributed by atoms with Gasteiger partial charge in [0.1, 0.15) is 0 Å². The Morgan fingerprint density at radius 2 is 1.80 bits per heavy atom. The van der Waals surface area contributed by atoms with Gasteiger partial charge in [-0.2, -0.15) is 0 Å². The highest BCUT2D eigenvalue weighted by molar-refractivity contribution is 5.70. The van der Waals surface area contributed by atoms with Crippen molar-refractivity contribution in [3.8, 4) is 0 Å². The fourth-order valence-electron chi connectivity index (χ4n) is 2.42. The molecule has 0 amide bonds. The van der Waals surface area contributed by atoms with Crippen LogP contribution in [0.1, 0.15) is 51.2 Å². The van der Waals surface area contributed by atoms with E-state index in [9.17, 15) is 4.79 Å². The standard InChI is InChI=1S/C17H27NO2/c1-12(2)10-13-6-8-14(9-7-13)15(17(3,4)18)11-16(19)20-5/h6-9,12,15H,10-11,18H2,1-5H3. The average molecular weight is 277 g/mol. The average Bonchev–Trinajstić information content (AvgIpc) is 2.34. The van der Waals surface area contributed by atoms with Crippen molar-refractivity contribution in [1.29, 1.82) is 0 Å². The van der Waals surface area contributed by atoms with Crippen molar-refractivity contribution >= 4 is 5.97 Å². The Hall–Kier alpha value is -1.35. The molecule has 0 saturated carbocycles. The third-order valence-corrected chi connectivity index (χ3v) is 3.52. The third-order valence-electron chi connectivity index (χ3n) is 3.52. The Morgan fingerprint density at radius 3 is 2.20 bits per heavy atom. The number of nitrogens with two attached hydrogens (primary N) is 1. The number of rotatable bonds is 6. The molecule has 0 bridgehead atoms. The smallest absolute Gasteiger partial charge is 0.306 e. The molecule has 0 aromatic heterocycles. The molecule has 0 saturated heterocycles. The number of carbonyl (C=O) groups is 1. The van der Waals surface area contributed by atoms with E-state index < -0.39 is 5.54 Å². The Morgan fingerprint density at radius 1 is 1.25 bits per heavy atom.